The predicted molar refractivity (Wildman–Crippen MR) is 80.1 cm³/mol. The average molecular weight is 320 g/mol. The second-order valence-corrected chi connectivity index (χ2v) is 5.07. The van der Waals surface area contributed by atoms with E-state index < -0.39 is 11.7 Å². The molecule has 23 heavy (non-hydrogen) atoms. The summed E-state index contributed by atoms with van der Waals surface area (Å²) in [4.78, 5) is 4.10. The highest BCUT2D eigenvalue weighted by Crippen LogP contribution is 2.31. The molecule has 3 nitrogen and oxygen atoms in total. The fraction of sp³-hybridized carbons (Fsp3) is 0.235. The van der Waals surface area contributed by atoms with E-state index in [-0.39, 0.29) is 11.8 Å². The molecule has 1 unspecified atom stereocenters. The van der Waals surface area contributed by atoms with Gasteiger partial charge < -0.3 is 9.14 Å². The number of fused-ring (bicyclic) bond motifs is 1. The maximum atomic E-state index is 12.8. The first-order chi connectivity index (χ1) is 11.0. The number of halogens is 3. The van der Waals surface area contributed by atoms with Crippen LogP contribution < -0.4 is 0 Å². The van der Waals surface area contributed by atoms with E-state index in [9.17, 15) is 13.2 Å². The molecule has 0 amide bonds. The highest BCUT2D eigenvalue weighted by molar-refractivity contribution is 5.45. The summed E-state index contributed by atoms with van der Waals surface area (Å²) in [6.45, 7) is 2.36. The molecule has 0 aliphatic rings. The van der Waals surface area contributed by atoms with E-state index in [4.69, 9.17) is 4.74 Å². The van der Waals surface area contributed by atoms with Crippen LogP contribution in [0.3, 0.4) is 0 Å². The van der Waals surface area contributed by atoms with E-state index in [2.05, 4.69) is 4.98 Å². The number of ether oxygens (including phenoxy) is 1. The number of pyridine rings is 1. The molecule has 0 radical (unpaired) electrons. The van der Waals surface area contributed by atoms with Gasteiger partial charge in [-0.05, 0) is 24.6 Å². The summed E-state index contributed by atoms with van der Waals surface area (Å²) < 4.78 is 45.8. The Balaban J connectivity index is 2.07. The lowest BCUT2D eigenvalue weighted by Crippen LogP contribution is -2.10. The van der Waals surface area contributed by atoms with Crippen molar-refractivity contribution in [1.82, 2.24) is 9.38 Å². The molecule has 2 heterocycles. The van der Waals surface area contributed by atoms with E-state index in [0.29, 0.717) is 12.3 Å². The van der Waals surface area contributed by atoms with Gasteiger partial charge in [-0.15, -0.1) is 0 Å². The predicted octanol–water partition coefficient (Wildman–Crippen LogP) is 4.48. The van der Waals surface area contributed by atoms with Gasteiger partial charge in [0.05, 0.1) is 17.5 Å². The van der Waals surface area contributed by atoms with Gasteiger partial charge in [0.25, 0.3) is 0 Å². The third kappa shape index (κ3) is 3.07. The van der Waals surface area contributed by atoms with Crippen molar-refractivity contribution in [1.29, 1.82) is 0 Å². The molecular formula is C17H15F3N2O. The Morgan fingerprint density at radius 2 is 1.91 bits per heavy atom. The fourth-order valence-corrected chi connectivity index (χ4v) is 2.52. The van der Waals surface area contributed by atoms with Gasteiger partial charge in [0.15, 0.2) is 0 Å². The monoisotopic (exact) mass is 320 g/mol. The number of alkyl halides is 3. The fourth-order valence-electron chi connectivity index (χ4n) is 2.52. The Morgan fingerprint density at radius 3 is 2.57 bits per heavy atom. The minimum absolute atomic E-state index is 0.246. The number of nitrogens with zero attached hydrogens (tertiary/aromatic N) is 2. The summed E-state index contributed by atoms with van der Waals surface area (Å²) in [7, 11) is 0. The lowest BCUT2D eigenvalue weighted by Gasteiger charge is -2.17. The maximum absolute atomic E-state index is 12.8. The molecular weight excluding hydrogens is 305 g/mol. The molecule has 3 rings (SSSR count). The van der Waals surface area contributed by atoms with E-state index in [1.54, 1.807) is 10.6 Å². The summed E-state index contributed by atoms with van der Waals surface area (Å²) in [5.41, 5.74) is 1.16. The summed E-state index contributed by atoms with van der Waals surface area (Å²) in [5, 5.41) is 0. The number of rotatable bonds is 4. The van der Waals surface area contributed by atoms with Crippen LogP contribution in [-0.4, -0.2) is 16.0 Å². The highest BCUT2D eigenvalue weighted by atomic mass is 19.4. The Bertz CT molecular complexity index is 796. The lowest BCUT2D eigenvalue weighted by atomic mass is 10.1. The van der Waals surface area contributed by atoms with Crippen LogP contribution in [0, 0.1) is 0 Å². The van der Waals surface area contributed by atoms with E-state index in [1.165, 1.54) is 6.20 Å². The van der Waals surface area contributed by atoms with Crippen LogP contribution >= 0.6 is 0 Å². The first kappa shape index (κ1) is 15.6. The maximum Gasteiger partial charge on any atom is 0.416 e. The number of aromatic nitrogens is 2. The summed E-state index contributed by atoms with van der Waals surface area (Å²) in [5.74, 6) is 0. The molecule has 0 spiro atoms. The smallest absolute Gasteiger partial charge is 0.367 e. The first-order valence-electron chi connectivity index (χ1n) is 7.21. The minimum atomic E-state index is -4.38. The average Bonchev–Trinajstić information content (AvgIpc) is 2.95. The van der Waals surface area contributed by atoms with Gasteiger partial charge in [-0.2, -0.15) is 13.2 Å². The molecule has 0 saturated carbocycles. The van der Waals surface area contributed by atoms with Crippen molar-refractivity contribution in [3.8, 4) is 0 Å². The Morgan fingerprint density at radius 1 is 1.17 bits per heavy atom. The zero-order valence-corrected chi connectivity index (χ0v) is 12.4. The van der Waals surface area contributed by atoms with Gasteiger partial charge in [-0.3, -0.25) is 0 Å². The summed E-state index contributed by atoms with van der Waals surface area (Å²) in [6.07, 6.45) is -1.82. The second kappa shape index (κ2) is 6.04. The largest absolute Gasteiger partial charge is 0.416 e. The standard InChI is InChI=1S/C17H15F3N2O/c1-2-23-16(12-6-4-3-5-7-12)14-11-21-15-10-13(17(18,19)20)8-9-22(14)15/h3-11,16H,2H2,1H3. The summed E-state index contributed by atoms with van der Waals surface area (Å²) in [6, 6.07) is 11.6. The Labute approximate surface area is 131 Å². The number of hydrogen-bond acceptors (Lipinski definition) is 2. The zero-order valence-electron chi connectivity index (χ0n) is 12.4. The summed E-state index contributed by atoms with van der Waals surface area (Å²) >= 11 is 0. The first-order valence-corrected chi connectivity index (χ1v) is 7.21. The van der Waals surface area contributed by atoms with Crippen molar-refractivity contribution < 1.29 is 17.9 Å². The Hall–Kier alpha value is -2.34. The minimum Gasteiger partial charge on any atom is -0.367 e. The van der Waals surface area contributed by atoms with Gasteiger partial charge in [0.2, 0.25) is 0 Å². The van der Waals surface area contributed by atoms with Crippen molar-refractivity contribution in [2.45, 2.75) is 19.2 Å². The van der Waals surface area contributed by atoms with Gasteiger partial charge >= 0.3 is 6.18 Å². The molecule has 0 saturated heterocycles. The van der Waals surface area contributed by atoms with Gasteiger partial charge in [-0.25, -0.2) is 4.98 Å². The van der Waals surface area contributed by atoms with Gasteiger partial charge in [0.1, 0.15) is 11.8 Å². The van der Waals surface area contributed by atoms with Crippen molar-refractivity contribution >= 4 is 5.65 Å². The molecule has 0 bridgehead atoms. The highest BCUT2D eigenvalue weighted by Gasteiger charge is 2.31. The molecule has 1 atom stereocenters. The van der Waals surface area contributed by atoms with Crippen LogP contribution in [0.5, 0.6) is 0 Å². The molecule has 3 aromatic rings. The number of imidazole rings is 1. The number of benzene rings is 1. The van der Waals surface area contributed by atoms with Crippen LogP contribution in [0.4, 0.5) is 13.2 Å². The molecule has 0 fully saturated rings. The molecule has 2 aromatic heterocycles. The van der Waals surface area contributed by atoms with Gasteiger partial charge in [0, 0.05) is 12.8 Å². The SMILES string of the molecule is CCOC(c1ccccc1)c1cnc2cc(C(F)(F)F)ccn12. The van der Waals surface area contributed by atoms with Crippen molar-refractivity contribution in [3.63, 3.8) is 0 Å². The molecule has 0 aliphatic heterocycles. The third-order valence-electron chi connectivity index (χ3n) is 3.57. The third-order valence-corrected chi connectivity index (χ3v) is 3.57. The molecule has 6 heteroatoms. The van der Waals surface area contributed by atoms with Crippen LogP contribution in [0.25, 0.3) is 5.65 Å². The van der Waals surface area contributed by atoms with Gasteiger partial charge in [-0.1, -0.05) is 30.3 Å². The van der Waals surface area contributed by atoms with Crippen molar-refractivity contribution in [2.75, 3.05) is 6.61 Å². The van der Waals surface area contributed by atoms with Crippen LogP contribution in [-0.2, 0) is 10.9 Å². The van der Waals surface area contributed by atoms with E-state index >= 15 is 0 Å². The molecule has 0 N–H and O–H groups in total. The lowest BCUT2D eigenvalue weighted by molar-refractivity contribution is -0.137. The van der Waals surface area contributed by atoms with Crippen LogP contribution in [0.2, 0.25) is 0 Å². The van der Waals surface area contributed by atoms with Crippen molar-refractivity contribution in [2.24, 2.45) is 0 Å². The molecule has 0 aliphatic carbocycles. The van der Waals surface area contributed by atoms with Crippen LogP contribution in [0.1, 0.15) is 29.8 Å². The Kier molecular flexibility index (Phi) is 4.09. The molecule has 1 aromatic carbocycles. The number of hydrogen-bond donors (Lipinski definition) is 0. The van der Waals surface area contributed by atoms with Crippen molar-refractivity contribution in [3.05, 3.63) is 71.7 Å². The molecule has 120 valence electrons. The van der Waals surface area contributed by atoms with E-state index in [0.717, 1.165) is 17.7 Å². The second-order valence-electron chi connectivity index (χ2n) is 5.07. The normalized spacial score (nSPS) is 13.4. The zero-order chi connectivity index (χ0) is 16.4. The topological polar surface area (TPSA) is 26.5 Å². The van der Waals surface area contributed by atoms with E-state index in [1.807, 2.05) is 37.3 Å². The van der Waals surface area contributed by atoms with Crippen LogP contribution in [0.15, 0.2) is 54.9 Å². The quantitative estimate of drug-likeness (QED) is 0.708.